The molecular weight excluding hydrogens is 306 g/mol. The van der Waals surface area contributed by atoms with E-state index in [9.17, 15) is 4.79 Å². The van der Waals surface area contributed by atoms with Crippen LogP contribution in [0.2, 0.25) is 0 Å². The molecule has 1 N–H and O–H groups in total. The summed E-state index contributed by atoms with van der Waals surface area (Å²) in [6.07, 6.45) is 6.24. The Labute approximate surface area is 143 Å². The molecule has 2 aliphatic rings. The molecule has 3 rings (SSSR count). The summed E-state index contributed by atoms with van der Waals surface area (Å²) in [4.78, 5) is 19.6. The Hall–Kier alpha value is -1.82. The molecule has 6 heteroatoms. The molecule has 2 fully saturated rings. The lowest BCUT2D eigenvalue weighted by Crippen LogP contribution is -2.41. The van der Waals surface area contributed by atoms with Gasteiger partial charge in [-0.2, -0.15) is 0 Å². The van der Waals surface area contributed by atoms with Gasteiger partial charge in [-0.1, -0.05) is 6.07 Å². The van der Waals surface area contributed by atoms with Crippen LogP contribution in [0.5, 0.6) is 5.88 Å². The SMILES string of the molecule is COc1ncccc1C1CCN(C2CCCN(C(=O)O)CC2)CC1. The number of carboxylic acid groups (broad SMARTS) is 1. The largest absolute Gasteiger partial charge is 0.481 e. The summed E-state index contributed by atoms with van der Waals surface area (Å²) in [5, 5.41) is 9.16. The second-order valence-corrected chi connectivity index (χ2v) is 6.77. The van der Waals surface area contributed by atoms with Gasteiger partial charge in [0.2, 0.25) is 5.88 Å². The molecule has 6 nitrogen and oxygen atoms in total. The van der Waals surface area contributed by atoms with Crippen LogP contribution in [0.25, 0.3) is 0 Å². The molecule has 132 valence electrons. The van der Waals surface area contributed by atoms with E-state index in [1.807, 2.05) is 6.07 Å². The van der Waals surface area contributed by atoms with Crippen LogP contribution in [0.3, 0.4) is 0 Å². The number of carbonyl (C=O) groups is 1. The average molecular weight is 333 g/mol. The number of aromatic nitrogens is 1. The molecule has 3 heterocycles. The molecule has 1 unspecified atom stereocenters. The summed E-state index contributed by atoms with van der Waals surface area (Å²) >= 11 is 0. The molecule has 1 aromatic heterocycles. The van der Waals surface area contributed by atoms with Crippen LogP contribution in [0.1, 0.15) is 43.6 Å². The van der Waals surface area contributed by atoms with E-state index < -0.39 is 6.09 Å². The van der Waals surface area contributed by atoms with Gasteiger partial charge in [-0.25, -0.2) is 9.78 Å². The highest BCUT2D eigenvalue weighted by Crippen LogP contribution is 2.34. The van der Waals surface area contributed by atoms with Crippen molar-refractivity contribution in [1.29, 1.82) is 0 Å². The standard InChI is InChI=1S/C18H27N3O3/c1-24-17-16(5-2-9-19-17)14-6-11-20(12-7-14)15-4-3-10-21(13-8-15)18(22)23/h2,5,9,14-15H,3-4,6-8,10-13H2,1H3,(H,22,23). The highest BCUT2D eigenvalue weighted by Gasteiger charge is 2.29. The summed E-state index contributed by atoms with van der Waals surface area (Å²) in [5.74, 6) is 1.26. The number of amides is 1. The molecule has 0 aliphatic carbocycles. The topological polar surface area (TPSA) is 65.9 Å². The normalized spacial score (nSPS) is 23.7. The van der Waals surface area contributed by atoms with Gasteiger partial charge in [0.05, 0.1) is 7.11 Å². The minimum atomic E-state index is -0.780. The lowest BCUT2D eigenvalue weighted by Gasteiger charge is -2.37. The molecular formula is C18H27N3O3. The van der Waals surface area contributed by atoms with E-state index in [2.05, 4.69) is 16.0 Å². The quantitative estimate of drug-likeness (QED) is 0.921. The van der Waals surface area contributed by atoms with E-state index in [0.29, 0.717) is 25.0 Å². The Morgan fingerprint density at radius 1 is 1.21 bits per heavy atom. The number of nitrogens with zero attached hydrogens (tertiary/aromatic N) is 3. The maximum atomic E-state index is 11.1. The number of hydrogen-bond donors (Lipinski definition) is 1. The van der Waals surface area contributed by atoms with Crippen molar-refractivity contribution in [3.05, 3.63) is 23.9 Å². The third kappa shape index (κ3) is 3.80. The van der Waals surface area contributed by atoms with Crippen LogP contribution >= 0.6 is 0 Å². The first-order chi connectivity index (χ1) is 11.7. The van der Waals surface area contributed by atoms with Crippen LogP contribution in [-0.4, -0.2) is 65.3 Å². The number of likely N-dealkylation sites (tertiary alicyclic amines) is 2. The van der Waals surface area contributed by atoms with Gasteiger partial charge in [-0.3, -0.25) is 0 Å². The molecule has 1 amide bonds. The molecule has 1 atom stereocenters. The zero-order valence-corrected chi connectivity index (χ0v) is 14.4. The minimum absolute atomic E-state index is 0.506. The lowest BCUT2D eigenvalue weighted by molar-refractivity contribution is 0.131. The third-order valence-corrected chi connectivity index (χ3v) is 5.45. The molecule has 2 aliphatic heterocycles. The number of methoxy groups -OCH3 is 1. The first-order valence-corrected chi connectivity index (χ1v) is 8.90. The lowest BCUT2D eigenvalue weighted by atomic mass is 9.89. The minimum Gasteiger partial charge on any atom is -0.481 e. The first-order valence-electron chi connectivity index (χ1n) is 8.90. The van der Waals surface area contributed by atoms with Crippen molar-refractivity contribution < 1.29 is 14.6 Å². The van der Waals surface area contributed by atoms with Crippen molar-refractivity contribution in [3.63, 3.8) is 0 Å². The molecule has 2 saturated heterocycles. The summed E-state index contributed by atoms with van der Waals surface area (Å²) in [6.45, 7) is 3.48. The van der Waals surface area contributed by atoms with E-state index in [1.165, 1.54) is 5.56 Å². The molecule has 0 saturated carbocycles. The van der Waals surface area contributed by atoms with Gasteiger partial charge >= 0.3 is 6.09 Å². The van der Waals surface area contributed by atoms with E-state index in [1.54, 1.807) is 18.2 Å². The Morgan fingerprint density at radius 3 is 2.71 bits per heavy atom. The number of hydrogen-bond acceptors (Lipinski definition) is 4. The first kappa shape index (κ1) is 17.0. The number of rotatable bonds is 3. The van der Waals surface area contributed by atoms with Gasteiger partial charge in [0.1, 0.15) is 0 Å². The molecule has 0 radical (unpaired) electrons. The maximum absolute atomic E-state index is 11.1. The third-order valence-electron chi connectivity index (χ3n) is 5.45. The Balaban J connectivity index is 1.56. The second-order valence-electron chi connectivity index (χ2n) is 6.77. The zero-order valence-electron chi connectivity index (χ0n) is 14.4. The van der Waals surface area contributed by atoms with E-state index >= 15 is 0 Å². The fourth-order valence-corrected chi connectivity index (χ4v) is 4.10. The second kappa shape index (κ2) is 7.83. The summed E-state index contributed by atoms with van der Waals surface area (Å²) in [7, 11) is 1.68. The predicted octanol–water partition coefficient (Wildman–Crippen LogP) is 2.80. The highest BCUT2D eigenvalue weighted by molar-refractivity contribution is 5.64. The van der Waals surface area contributed by atoms with Crippen molar-refractivity contribution in [2.24, 2.45) is 0 Å². The van der Waals surface area contributed by atoms with Gasteiger partial charge in [0.25, 0.3) is 0 Å². The van der Waals surface area contributed by atoms with Crippen molar-refractivity contribution in [1.82, 2.24) is 14.8 Å². The monoisotopic (exact) mass is 333 g/mol. The van der Waals surface area contributed by atoms with Crippen LogP contribution < -0.4 is 4.74 Å². The van der Waals surface area contributed by atoms with Crippen LogP contribution in [0, 0.1) is 0 Å². The van der Waals surface area contributed by atoms with E-state index in [4.69, 9.17) is 9.84 Å². The maximum Gasteiger partial charge on any atom is 0.407 e. The fraction of sp³-hybridized carbons (Fsp3) is 0.667. The van der Waals surface area contributed by atoms with Crippen LogP contribution in [0.4, 0.5) is 4.79 Å². The van der Waals surface area contributed by atoms with Gasteiger partial charge in [0.15, 0.2) is 0 Å². The summed E-state index contributed by atoms with van der Waals surface area (Å²) < 4.78 is 5.41. The molecule has 0 bridgehead atoms. The fourth-order valence-electron chi connectivity index (χ4n) is 4.10. The van der Waals surface area contributed by atoms with Crippen molar-refractivity contribution in [3.8, 4) is 5.88 Å². The molecule has 0 spiro atoms. The van der Waals surface area contributed by atoms with Crippen molar-refractivity contribution in [2.45, 2.75) is 44.1 Å². The molecule has 0 aromatic carbocycles. The summed E-state index contributed by atoms with van der Waals surface area (Å²) in [6, 6.07) is 4.63. The molecule has 24 heavy (non-hydrogen) atoms. The van der Waals surface area contributed by atoms with Crippen LogP contribution in [-0.2, 0) is 0 Å². The molecule has 1 aromatic rings. The van der Waals surface area contributed by atoms with E-state index in [0.717, 1.165) is 51.1 Å². The van der Waals surface area contributed by atoms with E-state index in [-0.39, 0.29) is 0 Å². The Kier molecular flexibility index (Phi) is 5.56. The smallest absolute Gasteiger partial charge is 0.407 e. The number of piperidine rings is 1. The van der Waals surface area contributed by atoms with Gasteiger partial charge < -0.3 is 19.6 Å². The predicted molar refractivity (Wildman–Crippen MR) is 91.6 cm³/mol. The van der Waals surface area contributed by atoms with Gasteiger partial charge in [0, 0.05) is 30.9 Å². The average Bonchev–Trinajstić information content (AvgIpc) is 2.88. The zero-order chi connectivity index (χ0) is 16.9. The van der Waals surface area contributed by atoms with Gasteiger partial charge in [-0.05, 0) is 57.2 Å². The summed E-state index contributed by atoms with van der Waals surface area (Å²) in [5.41, 5.74) is 1.22. The Bertz CT molecular complexity index is 558. The Morgan fingerprint density at radius 2 is 2.00 bits per heavy atom. The number of ether oxygens (including phenoxy) is 1. The highest BCUT2D eigenvalue weighted by atomic mass is 16.5. The van der Waals surface area contributed by atoms with Gasteiger partial charge in [-0.15, -0.1) is 0 Å². The van der Waals surface area contributed by atoms with Crippen LogP contribution in [0.15, 0.2) is 18.3 Å². The number of pyridine rings is 1. The van der Waals surface area contributed by atoms with Crippen molar-refractivity contribution in [2.75, 3.05) is 33.3 Å². The van der Waals surface area contributed by atoms with Crippen molar-refractivity contribution >= 4 is 6.09 Å².